The van der Waals surface area contributed by atoms with Crippen LogP contribution in [0.4, 0.5) is 4.79 Å². The summed E-state index contributed by atoms with van der Waals surface area (Å²) in [5, 5.41) is 10.3. The molecule has 5 nitrogen and oxygen atoms in total. The van der Waals surface area contributed by atoms with Crippen LogP contribution in [0.2, 0.25) is 0 Å². The lowest BCUT2D eigenvalue weighted by molar-refractivity contribution is 0.247. The van der Waals surface area contributed by atoms with Gasteiger partial charge in [0.2, 0.25) is 0 Å². The summed E-state index contributed by atoms with van der Waals surface area (Å²) in [6.07, 6.45) is 4.44. The Morgan fingerprint density at radius 3 is 2.83 bits per heavy atom. The number of hydrogen-bond acceptors (Lipinski definition) is 4. The van der Waals surface area contributed by atoms with E-state index in [4.69, 9.17) is 5.41 Å². The molecule has 1 amide bonds. The highest BCUT2D eigenvalue weighted by atomic mass is 32.2. The average molecular weight is 260 g/mol. The van der Waals surface area contributed by atoms with Crippen molar-refractivity contribution in [3.05, 3.63) is 54.6 Å². The lowest BCUT2D eigenvalue weighted by Gasteiger charge is -2.06. The van der Waals surface area contributed by atoms with E-state index >= 15 is 0 Å². The van der Waals surface area contributed by atoms with E-state index in [1.54, 1.807) is 0 Å². The number of benzene rings is 1. The van der Waals surface area contributed by atoms with Gasteiger partial charge in [0.25, 0.3) is 0 Å². The average Bonchev–Trinajstić information content (AvgIpc) is 2.91. The fourth-order valence-corrected chi connectivity index (χ4v) is 1.97. The smallest absolute Gasteiger partial charge is 0.286 e. The highest BCUT2D eigenvalue weighted by molar-refractivity contribution is 8.13. The van der Waals surface area contributed by atoms with E-state index < -0.39 is 0 Å². The molecule has 1 aromatic heterocycles. The maximum absolute atomic E-state index is 11.6. The summed E-state index contributed by atoms with van der Waals surface area (Å²) < 4.78 is 1.29. The molecule has 92 valence electrons. The molecule has 18 heavy (non-hydrogen) atoms. The van der Waals surface area contributed by atoms with Crippen LogP contribution in [0.1, 0.15) is 5.56 Å². The molecule has 0 saturated heterocycles. The van der Waals surface area contributed by atoms with E-state index in [9.17, 15) is 4.79 Å². The molecule has 2 N–H and O–H groups in total. The molecule has 0 radical (unpaired) electrons. The monoisotopic (exact) mass is 260 g/mol. The number of imidazole rings is 1. The van der Waals surface area contributed by atoms with Gasteiger partial charge in [-0.05, 0) is 5.56 Å². The van der Waals surface area contributed by atoms with Crippen LogP contribution < -0.4 is 5.32 Å². The Morgan fingerprint density at radius 2 is 2.17 bits per heavy atom. The number of rotatable bonds is 2. The van der Waals surface area contributed by atoms with Crippen molar-refractivity contribution < 1.29 is 4.79 Å². The molecule has 0 aliphatic rings. The topological polar surface area (TPSA) is 70.8 Å². The van der Waals surface area contributed by atoms with E-state index in [0.717, 1.165) is 5.56 Å². The third kappa shape index (κ3) is 3.46. The van der Waals surface area contributed by atoms with Crippen LogP contribution in [-0.2, 0) is 5.75 Å². The number of hydrogen-bond donors (Lipinski definition) is 2. The zero-order valence-electron chi connectivity index (χ0n) is 9.54. The molecule has 0 bridgehead atoms. The number of thioether (sulfide) groups is 1. The number of nitrogens with zero attached hydrogens (tertiary/aromatic N) is 2. The van der Waals surface area contributed by atoms with Gasteiger partial charge in [-0.15, -0.1) is 0 Å². The number of carbonyl (C=O) groups excluding carboxylic acids is 1. The minimum absolute atomic E-state index is 0.123. The Balaban J connectivity index is 1.81. The van der Waals surface area contributed by atoms with Gasteiger partial charge in [0.05, 0.1) is 0 Å². The fourth-order valence-electron chi connectivity index (χ4n) is 1.31. The van der Waals surface area contributed by atoms with Crippen LogP contribution in [0.15, 0.2) is 49.1 Å². The minimum atomic E-state index is -0.377. The van der Waals surface area contributed by atoms with Gasteiger partial charge >= 0.3 is 6.03 Å². The van der Waals surface area contributed by atoms with Gasteiger partial charge in [-0.2, -0.15) is 0 Å². The zero-order chi connectivity index (χ0) is 12.8. The summed E-state index contributed by atoms with van der Waals surface area (Å²) in [4.78, 5) is 15.4. The fraction of sp³-hybridized carbons (Fsp3) is 0.0833. The van der Waals surface area contributed by atoms with Gasteiger partial charge in [-0.25, -0.2) is 9.78 Å². The lowest BCUT2D eigenvalue weighted by atomic mass is 10.2. The lowest BCUT2D eigenvalue weighted by Crippen LogP contribution is -2.31. The highest BCUT2D eigenvalue weighted by Gasteiger charge is 2.06. The van der Waals surface area contributed by atoms with E-state index in [1.165, 1.54) is 35.0 Å². The molecule has 1 aromatic carbocycles. The number of aromatic nitrogens is 2. The number of nitrogens with one attached hydrogen (secondary N) is 2. The largest absolute Gasteiger partial charge is 0.332 e. The second-order valence-electron chi connectivity index (χ2n) is 3.50. The third-order valence-corrected chi connectivity index (χ3v) is 3.05. The van der Waals surface area contributed by atoms with Gasteiger partial charge in [0.15, 0.2) is 5.17 Å². The maximum Gasteiger partial charge on any atom is 0.332 e. The molecule has 2 aromatic rings. The van der Waals surface area contributed by atoms with Crippen molar-refractivity contribution in [1.82, 2.24) is 14.9 Å². The summed E-state index contributed by atoms with van der Waals surface area (Å²) in [5.74, 6) is 0.657. The van der Waals surface area contributed by atoms with Crippen LogP contribution in [0.5, 0.6) is 0 Å². The second-order valence-corrected chi connectivity index (χ2v) is 4.49. The maximum atomic E-state index is 11.6. The van der Waals surface area contributed by atoms with Crippen molar-refractivity contribution in [2.24, 2.45) is 0 Å². The van der Waals surface area contributed by atoms with Crippen LogP contribution in [-0.4, -0.2) is 20.7 Å². The van der Waals surface area contributed by atoms with Crippen LogP contribution >= 0.6 is 11.8 Å². The molecular formula is C12H12N4OS. The highest BCUT2D eigenvalue weighted by Crippen LogP contribution is 2.11. The van der Waals surface area contributed by atoms with Crippen molar-refractivity contribution in [2.75, 3.05) is 0 Å². The van der Waals surface area contributed by atoms with Crippen molar-refractivity contribution >= 4 is 23.0 Å². The molecule has 6 heteroatoms. The first-order valence-electron chi connectivity index (χ1n) is 5.30. The van der Waals surface area contributed by atoms with E-state index in [-0.39, 0.29) is 11.2 Å². The normalized spacial score (nSPS) is 10.0. The molecule has 2 rings (SSSR count). The van der Waals surface area contributed by atoms with Crippen molar-refractivity contribution in [2.45, 2.75) is 5.75 Å². The number of amidine groups is 1. The van der Waals surface area contributed by atoms with Crippen LogP contribution in [0, 0.1) is 5.41 Å². The Morgan fingerprint density at radius 1 is 1.39 bits per heavy atom. The Hall–Kier alpha value is -2.08. The zero-order valence-corrected chi connectivity index (χ0v) is 10.4. The Kier molecular flexibility index (Phi) is 4.14. The summed E-state index contributed by atoms with van der Waals surface area (Å²) in [7, 11) is 0. The third-order valence-electron chi connectivity index (χ3n) is 2.19. The first-order valence-corrected chi connectivity index (χ1v) is 6.29. The number of carbonyl (C=O) groups is 1. The molecule has 1 heterocycles. The molecule has 0 atom stereocenters. The van der Waals surface area contributed by atoms with Crippen LogP contribution in [0.3, 0.4) is 0 Å². The Bertz CT molecular complexity index is 524. The molecule has 0 unspecified atom stereocenters. The SMILES string of the molecule is N=C(NC(=O)n1ccnc1)SCc1ccccc1. The van der Waals surface area contributed by atoms with Gasteiger partial charge in [-0.1, -0.05) is 42.1 Å². The predicted molar refractivity (Wildman–Crippen MR) is 71.6 cm³/mol. The van der Waals surface area contributed by atoms with Crippen molar-refractivity contribution in [1.29, 1.82) is 5.41 Å². The quantitative estimate of drug-likeness (QED) is 0.643. The van der Waals surface area contributed by atoms with Gasteiger partial charge in [-0.3, -0.25) is 15.3 Å². The standard InChI is InChI=1S/C12H12N4OS/c13-11(15-12(17)16-7-6-14-9-16)18-8-10-4-2-1-3-5-10/h1-7,9H,8H2,(H2,13,15,17). The minimum Gasteiger partial charge on any atom is -0.286 e. The van der Waals surface area contributed by atoms with Gasteiger partial charge in [0.1, 0.15) is 6.33 Å². The van der Waals surface area contributed by atoms with Crippen molar-refractivity contribution in [3.8, 4) is 0 Å². The van der Waals surface area contributed by atoms with Crippen molar-refractivity contribution in [3.63, 3.8) is 0 Å². The predicted octanol–water partition coefficient (Wildman–Crippen LogP) is 2.31. The molecule has 0 fully saturated rings. The number of amides is 1. The summed E-state index contributed by atoms with van der Waals surface area (Å²) in [6.45, 7) is 0. The summed E-state index contributed by atoms with van der Waals surface area (Å²) in [5.41, 5.74) is 1.11. The van der Waals surface area contributed by atoms with Crippen LogP contribution in [0.25, 0.3) is 0 Å². The van der Waals surface area contributed by atoms with E-state index in [0.29, 0.717) is 5.75 Å². The molecule has 0 aliphatic heterocycles. The first kappa shape index (κ1) is 12.4. The molecule has 0 spiro atoms. The van der Waals surface area contributed by atoms with E-state index in [2.05, 4.69) is 10.3 Å². The summed E-state index contributed by atoms with van der Waals surface area (Å²) in [6, 6.07) is 9.43. The van der Waals surface area contributed by atoms with Gasteiger partial charge in [0, 0.05) is 18.1 Å². The summed E-state index contributed by atoms with van der Waals surface area (Å²) >= 11 is 1.27. The molecular weight excluding hydrogens is 248 g/mol. The van der Waals surface area contributed by atoms with E-state index in [1.807, 2.05) is 30.3 Å². The van der Waals surface area contributed by atoms with Gasteiger partial charge < -0.3 is 0 Å². The second kappa shape index (κ2) is 6.02. The Labute approximate surface area is 109 Å². The first-order chi connectivity index (χ1) is 8.75. The molecule has 0 saturated carbocycles. The molecule has 0 aliphatic carbocycles.